The predicted molar refractivity (Wildman–Crippen MR) is 104 cm³/mol. The zero-order valence-electron chi connectivity index (χ0n) is 16.1. The topological polar surface area (TPSA) is 69.3 Å². The number of carbonyl (C=O) groups excluding carboxylic acids is 2. The van der Waals surface area contributed by atoms with Gasteiger partial charge in [0.1, 0.15) is 11.6 Å². The lowest BCUT2D eigenvalue weighted by Gasteiger charge is -2.40. The molecule has 1 saturated carbocycles. The van der Waals surface area contributed by atoms with E-state index in [0.717, 1.165) is 24.2 Å². The van der Waals surface area contributed by atoms with E-state index >= 15 is 0 Å². The van der Waals surface area contributed by atoms with E-state index in [1.807, 2.05) is 4.90 Å². The van der Waals surface area contributed by atoms with E-state index in [1.54, 1.807) is 11.0 Å². The molecule has 1 saturated heterocycles. The lowest BCUT2D eigenvalue weighted by Crippen LogP contribution is -2.55. The zero-order valence-corrected chi connectivity index (χ0v) is 16.1. The molecule has 1 aromatic heterocycles. The molecule has 6 nitrogen and oxygen atoms in total. The number of benzene rings is 1. The predicted octanol–water partition coefficient (Wildman–Crippen LogP) is 3.03. The van der Waals surface area contributed by atoms with Gasteiger partial charge in [0, 0.05) is 32.0 Å². The SMILES string of the molecule is O=C(CCCc1nc2ccc(F)cc2[nH]1)N1CCN(C2CCCCC2)C(=O)C1. The molecule has 0 unspecified atom stereocenters. The van der Waals surface area contributed by atoms with Crippen LogP contribution in [0.15, 0.2) is 18.2 Å². The Labute approximate surface area is 164 Å². The van der Waals surface area contributed by atoms with E-state index < -0.39 is 0 Å². The van der Waals surface area contributed by atoms with Gasteiger partial charge in [-0.15, -0.1) is 0 Å². The highest BCUT2D eigenvalue weighted by atomic mass is 19.1. The second-order valence-electron chi connectivity index (χ2n) is 7.89. The molecule has 2 fully saturated rings. The van der Waals surface area contributed by atoms with Crippen LogP contribution in [-0.4, -0.2) is 57.3 Å². The molecule has 0 atom stereocenters. The van der Waals surface area contributed by atoms with Crippen molar-refractivity contribution in [3.63, 3.8) is 0 Å². The molecule has 2 aliphatic rings. The van der Waals surface area contributed by atoms with Gasteiger partial charge in [-0.2, -0.15) is 0 Å². The number of hydrogen-bond donors (Lipinski definition) is 1. The highest BCUT2D eigenvalue weighted by Gasteiger charge is 2.31. The first-order valence-electron chi connectivity index (χ1n) is 10.3. The van der Waals surface area contributed by atoms with Crippen molar-refractivity contribution in [2.45, 2.75) is 57.4 Å². The maximum Gasteiger partial charge on any atom is 0.242 e. The van der Waals surface area contributed by atoms with Crippen molar-refractivity contribution < 1.29 is 14.0 Å². The normalized spacial score (nSPS) is 18.8. The van der Waals surface area contributed by atoms with E-state index in [-0.39, 0.29) is 24.2 Å². The van der Waals surface area contributed by atoms with Crippen LogP contribution in [0.2, 0.25) is 0 Å². The highest BCUT2D eigenvalue weighted by molar-refractivity contribution is 5.86. The number of piperazine rings is 1. The Balaban J connectivity index is 1.25. The number of hydrogen-bond acceptors (Lipinski definition) is 3. The van der Waals surface area contributed by atoms with Crippen molar-refractivity contribution in [1.82, 2.24) is 19.8 Å². The molecule has 2 heterocycles. The Morgan fingerprint density at radius 2 is 2.04 bits per heavy atom. The Kier molecular flexibility index (Phi) is 5.59. The van der Waals surface area contributed by atoms with Crippen molar-refractivity contribution in [3.8, 4) is 0 Å². The molecule has 7 heteroatoms. The Morgan fingerprint density at radius 3 is 2.82 bits per heavy atom. The van der Waals surface area contributed by atoms with Crippen molar-refractivity contribution >= 4 is 22.8 Å². The summed E-state index contributed by atoms with van der Waals surface area (Å²) in [7, 11) is 0. The zero-order chi connectivity index (χ0) is 19.5. The van der Waals surface area contributed by atoms with Crippen LogP contribution in [0.25, 0.3) is 11.0 Å². The minimum absolute atomic E-state index is 0.0267. The maximum absolute atomic E-state index is 13.3. The number of aromatic nitrogens is 2. The third-order valence-electron chi connectivity index (χ3n) is 5.92. The first-order valence-corrected chi connectivity index (χ1v) is 10.3. The van der Waals surface area contributed by atoms with Gasteiger partial charge < -0.3 is 14.8 Å². The third-order valence-corrected chi connectivity index (χ3v) is 5.92. The third kappa shape index (κ3) is 4.18. The molecule has 2 amide bonds. The molecule has 1 aliphatic carbocycles. The molecular formula is C21H27FN4O2. The summed E-state index contributed by atoms with van der Waals surface area (Å²) in [5.41, 5.74) is 1.40. The molecule has 0 bridgehead atoms. The molecule has 1 N–H and O–H groups in total. The molecule has 2 aromatic rings. The van der Waals surface area contributed by atoms with Crippen LogP contribution in [0, 0.1) is 5.82 Å². The number of imidazole rings is 1. The number of aromatic amines is 1. The summed E-state index contributed by atoms with van der Waals surface area (Å²) < 4.78 is 13.3. The van der Waals surface area contributed by atoms with Gasteiger partial charge in [0.25, 0.3) is 0 Å². The smallest absolute Gasteiger partial charge is 0.242 e. The summed E-state index contributed by atoms with van der Waals surface area (Å²) in [5, 5.41) is 0. The molecule has 28 heavy (non-hydrogen) atoms. The summed E-state index contributed by atoms with van der Waals surface area (Å²) >= 11 is 0. The molecular weight excluding hydrogens is 359 g/mol. The number of H-pyrrole nitrogens is 1. The summed E-state index contributed by atoms with van der Waals surface area (Å²) in [5.74, 6) is 0.575. The monoisotopic (exact) mass is 386 g/mol. The minimum Gasteiger partial charge on any atom is -0.342 e. The largest absolute Gasteiger partial charge is 0.342 e. The fourth-order valence-corrected chi connectivity index (χ4v) is 4.40. The lowest BCUT2D eigenvalue weighted by atomic mass is 9.93. The summed E-state index contributed by atoms with van der Waals surface area (Å²) in [6.45, 7) is 1.49. The van der Waals surface area contributed by atoms with E-state index in [1.165, 1.54) is 31.4 Å². The standard InChI is InChI=1S/C21H27FN4O2/c22-15-9-10-17-18(13-15)24-19(23-17)7-4-8-20(27)25-11-12-26(21(28)14-25)16-5-2-1-3-6-16/h9-10,13,16H,1-8,11-12,14H2,(H,23,24). The van der Waals surface area contributed by atoms with Crippen LogP contribution in [-0.2, 0) is 16.0 Å². The van der Waals surface area contributed by atoms with Crippen LogP contribution in [0.1, 0.15) is 50.8 Å². The number of fused-ring (bicyclic) bond motifs is 1. The van der Waals surface area contributed by atoms with E-state index in [2.05, 4.69) is 9.97 Å². The number of amides is 2. The van der Waals surface area contributed by atoms with Crippen LogP contribution in [0.4, 0.5) is 4.39 Å². The second-order valence-corrected chi connectivity index (χ2v) is 7.89. The van der Waals surface area contributed by atoms with Gasteiger partial charge in [0.15, 0.2) is 0 Å². The summed E-state index contributed by atoms with van der Waals surface area (Å²) in [6, 6.07) is 4.83. The number of aryl methyl sites for hydroxylation is 1. The minimum atomic E-state index is -0.296. The van der Waals surface area contributed by atoms with Crippen LogP contribution in [0.5, 0.6) is 0 Å². The Hall–Kier alpha value is -2.44. The average molecular weight is 386 g/mol. The molecule has 4 rings (SSSR count). The van der Waals surface area contributed by atoms with E-state index in [9.17, 15) is 14.0 Å². The van der Waals surface area contributed by atoms with E-state index in [0.29, 0.717) is 43.9 Å². The molecule has 0 radical (unpaired) electrons. The summed E-state index contributed by atoms with van der Waals surface area (Å²) in [6.07, 6.45) is 7.53. The van der Waals surface area contributed by atoms with Crippen molar-refractivity contribution in [1.29, 1.82) is 0 Å². The molecule has 1 aromatic carbocycles. The van der Waals surface area contributed by atoms with Crippen LogP contribution >= 0.6 is 0 Å². The van der Waals surface area contributed by atoms with Gasteiger partial charge in [0.05, 0.1) is 17.6 Å². The number of rotatable bonds is 5. The fourth-order valence-electron chi connectivity index (χ4n) is 4.40. The van der Waals surface area contributed by atoms with E-state index in [4.69, 9.17) is 0 Å². The van der Waals surface area contributed by atoms with Gasteiger partial charge in [0.2, 0.25) is 11.8 Å². The number of halogens is 1. The van der Waals surface area contributed by atoms with Gasteiger partial charge in [-0.25, -0.2) is 9.37 Å². The van der Waals surface area contributed by atoms with Gasteiger partial charge in [-0.3, -0.25) is 9.59 Å². The fraction of sp³-hybridized carbons (Fsp3) is 0.571. The van der Waals surface area contributed by atoms with Crippen molar-refractivity contribution in [2.75, 3.05) is 19.6 Å². The van der Waals surface area contributed by atoms with Crippen molar-refractivity contribution in [2.24, 2.45) is 0 Å². The quantitative estimate of drug-likeness (QED) is 0.859. The van der Waals surface area contributed by atoms with Gasteiger partial charge in [-0.1, -0.05) is 19.3 Å². The Bertz CT molecular complexity index is 859. The molecule has 150 valence electrons. The highest BCUT2D eigenvalue weighted by Crippen LogP contribution is 2.24. The summed E-state index contributed by atoms with van der Waals surface area (Å²) in [4.78, 5) is 36.2. The number of nitrogens with one attached hydrogen (secondary N) is 1. The average Bonchev–Trinajstić information content (AvgIpc) is 3.10. The number of nitrogens with zero attached hydrogens (tertiary/aromatic N) is 3. The van der Waals surface area contributed by atoms with Gasteiger partial charge in [-0.05, 0) is 37.5 Å². The maximum atomic E-state index is 13.3. The molecule has 0 spiro atoms. The first kappa shape index (κ1) is 18.9. The number of carbonyl (C=O) groups is 2. The molecule has 1 aliphatic heterocycles. The lowest BCUT2D eigenvalue weighted by molar-refractivity contribution is -0.147. The second kappa shape index (κ2) is 8.29. The Morgan fingerprint density at radius 1 is 1.21 bits per heavy atom. The van der Waals surface area contributed by atoms with Crippen molar-refractivity contribution in [3.05, 3.63) is 29.8 Å². The first-order chi connectivity index (χ1) is 13.6. The van der Waals surface area contributed by atoms with Gasteiger partial charge >= 0.3 is 0 Å². The van der Waals surface area contributed by atoms with Crippen LogP contribution in [0.3, 0.4) is 0 Å². The van der Waals surface area contributed by atoms with Crippen LogP contribution < -0.4 is 0 Å².